The van der Waals surface area contributed by atoms with E-state index in [1.54, 1.807) is 29.2 Å². The zero-order valence-corrected chi connectivity index (χ0v) is 19.2. The van der Waals surface area contributed by atoms with E-state index in [0.29, 0.717) is 37.4 Å². The number of sulfonamides is 1. The minimum atomic E-state index is -3.54. The second-order valence-corrected chi connectivity index (χ2v) is 10.0. The Hall–Kier alpha value is -3.37. The van der Waals surface area contributed by atoms with Gasteiger partial charge in [-0.15, -0.1) is 0 Å². The van der Waals surface area contributed by atoms with Gasteiger partial charge in [0.1, 0.15) is 18.0 Å². The topological polar surface area (TPSA) is 86.7 Å². The van der Waals surface area contributed by atoms with Gasteiger partial charge in [0, 0.05) is 57.5 Å². The first-order chi connectivity index (χ1) is 15.8. The van der Waals surface area contributed by atoms with Crippen LogP contribution in [0.2, 0.25) is 0 Å². The summed E-state index contributed by atoms with van der Waals surface area (Å²) >= 11 is 0. The Morgan fingerprint density at radius 1 is 0.939 bits per heavy atom. The molecule has 33 heavy (non-hydrogen) atoms. The van der Waals surface area contributed by atoms with Crippen LogP contribution in [0.25, 0.3) is 11.3 Å². The lowest BCUT2D eigenvalue weighted by Crippen LogP contribution is -2.49. The summed E-state index contributed by atoms with van der Waals surface area (Å²) in [5.74, 6) is 0.301. The van der Waals surface area contributed by atoms with Crippen molar-refractivity contribution in [2.24, 2.45) is 0 Å². The zero-order valence-electron chi connectivity index (χ0n) is 18.3. The fourth-order valence-corrected chi connectivity index (χ4v) is 4.50. The number of carbonyl (C=O) groups is 1. The van der Waals surface area contributed by atoms with Crippen LogP contribution >= 0.6 is 0 Å². The number of hydrogen-bond acceptors (Lipinski definition) is 6. The summed E-state index contributed by atoms with van der Waals surface area (Å²) in [5.41, 5.74) is 1.95. The smallest absolute Gasteiger partial charge is 0.253 e. The van der Waals surface area contributed by atoms with Gasteiger partial charge in [0.15, 0.2) is 0 Å². The molecule has 1 aromatic heterocycles. The highest BCUT2D eigenvalue weighted by Gasteiger charge is 2.24. The molecule has 4 rings (SSSR count). The highest BCUT2D eigenvalue weighted by atomic mass is 32.2. The van der Waals surface area contributed by atoms with Crippen LogP contribution in [0, 0.1) is 5.82 Å². The summed E-state index contributed by atoms with van der Waals surface area (Å²) in [5, 5.41) is 0. The van der Waals surface area contributed by atoms with E-state index in [0.717, 1.165) is 15.7 Å². The maximum atomic E-state index is 13.2. The van der Waals surface area contributed by atoms with Crippen molar-refractivity contribution in [2.45, 2.75) is 4.90 Å². The lowest BCUT2D eigenvalue weighted by molar-refractivity contribution is 0.0746. The Morgan fingerprint density at radius 3 is 2.18 bits per heavy atom. The highest BCUT2D eigenvalue weighted by Crippen LogP contribution is 2.22. The molecule has 3 aromatic rings. The maximum absolute atomic E-state index is 13.2. The molecule has 0 atom stereocenters. The quantitative estimate of drug-likeness (QED) is 0.571. The molecule has 0 aliphatic carbocycles. The number of halogens is 1. The van der Waals surface area contributed by atoms with Crippen LogP contribution in [0.1, 0.15) is 10.4 Å². The van der Waals surface area contributed by atoms with Crippen LogP contribution in [0.15, 0.2) is 65.8 Å². The van der Waals surface area contributed by atoms with Crippen molar-refractivity contribution in [1.29, 1.82) is 0 Å². The molecular weight excluding hydrogens is 445 g/mol. The molecule has 1 aliphatic rings. The van der Waals surface area contributed by atoms with E-state index in [9.17, 15) is 17.6 Å². The van der Waals surface area contributed by atoms with E-state index in [-0.39, 0.29) is 16.6 Å². The molecule has 0 radical (unpaired) electrons. The van der Waals surface area contributed by atoms with Crippen LogP contribution in [0.4, 0.5) is 10.2 Å². The Morgan fingerprint density at radius 2 is 1.58 bits per heavy atom. The molecule has 2 heterocycles. The molecule has 0 unspecified atom stereocenters. The third-order valence-electron chi connectivity index (χ3n) is 5.56. The van der Waals surface area contributed by atoms with Gasteiger partial charge < -0.3 is 9.80 Å². The van der Waals surface area contributed by atoms with E-state index in [1.807, 2.05) is 6.07 Å². The van der Waals surface area contributed by atoms with Crippen LogP contribution in [-0.4, -0.2) is 73.8 Å². The van der Waals surface area contributed by atoms with E-state index >= 15 is 0 Å². The van der Waals surface area contributed by atoms with Gasteiger partial charge in [-0.2, -0.15) is 0 Å². The number of benzene rings is 2. The summed E-state index contributed by atoms with van der Waals surface area (Å²) in [7, 11) is -0.604. The predicted octanol–water partition coefficient (Wildman–Crippen LogP) is 2.50. The van der Waals surface area contributed by atoms with Gasteiger partial charge in [0.2, 0.25) is 10.0 Å². The van der Waals surface area contributed by atoms with Gasteiger partial charge >= 0.3 is 0 Å². The van der Waals surface area contributed by atoms with E-state index < -0.39 is 10.0 Å². The average Bonchev–Trinajstić information content (AvgIpc) is 2.84. The zero-order chi connectivity index (χ0) is 23.6. The maximum Gasteiger partial charge on any atom is 0.253 e. The Bertz CT molecular complexity index is 1240. The minimum Gasteiger partial charge on any atom is -0.353 e. The Balaban J connectivity index is 1.41. The molecule has 2 aromatic carbocycles. The lowest BCUT2D eigenvalue weighted by Gasteiger charge is -2.35. The SMILES string of the molecule is CN(C)S(=O)(=O)c1ccc(C(=O)N2CCN(c3cc(-c4ccc(F)cc4)ncn3)CC2)cc1. The number of anilines is 1. The molecule has 1 saturated heterocycles. The number of aromatic nitrogens is 2. The van der Waals surface area contributed by atoms with Crippen molar-refractivity contribution in [1.82, 2.24) is 19.2 Å². The third-order valence-corrected chi connectivity index (χ3v) is 7.39. The highest BCUT2D eigenvalue weighted by molar-refractivity contribution is 7.89. The molecule has 1 amide bonds. The largest absolute Gasteiger partial charge is 0.353 e. The molecule has 10 heteroatoms. The van der Waals surface area contributed by atoms with Crippen LogP contribution < -0.4 is 4.90 Å². The molecule has 172 valence electrons. The number of rotatable bonds is 5. The molecular formula is C23H24FN5O3S. The van der Waals surface area contributed by atoms with Crippen molar-refractivity contribution >= 4 is 21.7 Å². The number of piperazine rings is 1. The molecule has 1 fully saturated rings. The number of carbonyl (C=O) groups excluding carboxylic acids is 1. The van der Waals surface area contributed by atoms with Gasteiger partial charge in [-0.25, -0.2) is 27.1 Å². The first-order valence-corrected chi connectivity index (χ1v) is 11.8. The monoisotopic (exact) mass is 469 g/mol. The summed E-state index contributed by atoms with van der Waals surface area (Å²) < 4.78 is 38.8. The first-order valence-electron chi connectivity index (χ1n) is 10.4. The van der Waals surface area contributed by atoms with Crippen molar-refractivity contribution in [2.75, 3.05) is 45.2 Å². The number of amides is 1. The predicted molar refractivity (Wildman–Crippen MR) is 123 cm³/mol. The van der Waals surface area contributed by atoms with Crippen LogP contribution in [-0.2, 0) is 10.0 Å². The van der Waals surface area contributed by atoms with Crippen molar-refractivity contribution in [3.05, 3.63) is 72.3 Å². The minimum absolute atomic E-state index is 0.141. The fourth-order valence-electron chi connectivity index (χ4n) is 3.60. The lowest BCUT2D eigenvalue weighted by atomic mass is 10.1. The second-order valence-electron chi connectivity index (χ2n) is 7.86. The van der Waals surface area contributed by atoms with Crippen LogP contribution in [0.3, 0.4) is 0 Å². The second kappa shape index (κ2) is 9.24. The van der Waals surface area contributed by atoms with E-state index in [1.165, 1.54) is 44.7 Å². The third kappa shape index (κ3) is 4.86. The molecule has 0 N–H and O–H groups in total. The molecule has 1 aliphatic heterocycles. The summed E-state index contributed by atoms with van der Waals surface area (Å²) in [6, 6.07) is 14.0. The average molecular weight is 470 g/mol. The van der Waals surface area contributed by atoms with Gasteiger partial charge in [-0.1, -0.05) is 0 Å². The normalized spacial score (nSPS) is 14.5. The standard InChI is InChI=1S/C23H24FN5O3S/c1-27(2)33(31,32)20-9-5-18(6-10-20)23(30)29-13-11-28(12-14-29)22-15-21(25-16-26-22)17-3-7-19(24)8-4-17/h3-10,15-16H,11-14H2,1-2H3. The molecule has 0 spiro atoms. The number of hydrogen-bond donors (Lipinski definition) is 0. The van der Waals surface area contributed by atoms with E-state index in [2.05, 4.69) is 14.9 Å². The van der Waals surface area contributed by atoms with Gasteiger partial charge in [0.25, 0.3) is 5.91 Å². The van der Waals surface area contributed by atoms with E-state index in [4.69, 9.17) is 0 Å². The first kappa shape index (κ1) is 22.8. The molecule has 8 nitrogen and oxygen atoms in total. The fraction of sp³-hybridized carbons (Fsp3) is 0.261. The Kier molecular flexibility index (Phi) is 6.39. The van der Waals surface area contributed by atoms with Crippen molar-refractivity contribution in [3.63, 3.8) is 0 Å². The summed E-state index contributed by atoms with van der Waals surface area (Å²) in [4.78, 5) is 25.5. The Labute approximate surface area is 192 Å². The number of nitrogens with zero attached hydrogens (tertiary/aromatic N) is 5. The summed E-state index contributed by atoms with van der Waals surface area (Å²) in [6.07, 6.45) is 1.48. The van der Waals surface area contributed by atoms with Crippen molar-refractivity contribution < 1.29 is 17.6 Å². The summed E-state index contributed by atoms with van der Waals surface area (Å²) in [6.45, 7) is 2.20. The molecule has 0 bridgehead atoms. The van der Waals surface area contributed by atoms with Crippen molar-refractivity contribution in [3.8, 4) is 11.3 Å². The van der Waals surface area contributed by atoms with Gasteiger partial charge in [-0.05, 0) is 48.5 Å². The van der Waals surface area contributed by atoms with Gasteiger partial charge in [0.05, 0.1) is 10.6 Å². The van der Waals surface area contributed by atoms with Crippen LogP contribution in [0.5, 0.6) is 0 Å². The van der Waals surface area contributed by atoms with Gasteiger partial charge in [-0.3, -0.25) is 4.79 Å². The molecule has 0 saturated carbocycles.